The minimum absolute atomic E-state index is 0.0673. The van der Waals surface area contributed by atoms with E-state index in [4.69, 9.17) is 0 Å². The molecule has 3 rings (SSSR count). The van der Waals surface area contributed by atoms with Crippen molar-refractivity contribution in [1.82, 2.24) is 9.88 Å². The Hall–Kier alpha value is -2.88. The molecule has 0 radical (unpaired) electrons. The van der Waals surface area contributed by atoms with Crippen molar-refractivity contribution in [3.63, 3.8) is 0 Å². The number of aromatic nitrogens is 1. The Bertz CT molecular complexity index is 855. The number of aryl methyl sites for hydroxylation is 1. The van der Waals surface area contributed by atoms with Gasteiger partial charge in [0.2, 0.25) is 5.91 Å². The van der Waals surface area contributed by atoms with E-state index in [1.165, 1.54) is 12.1 Å². The topological polar surface area (TPSA) is 36.1 Å². The lowest BCUT2D eigenvalue weighted by atomic mass is 10.1. The van der Waals surface area contributed by atoms with Crippen LogP contribution in [0.5, 0.6) is 0 Å². The molecular weight excluding hydrogens is 327 g/mol. The van der Waals surface area contributed by atoms with E-state index in [2.05, 4.69) is 17.1 Å². The van der Waals surface area contributed by atoms with Crippen LogP contribution < -0.4 is 0 Å². The van der Waals surface area contributed by atoms with Crippen LogP contribution >= 0.6 is 0 Å². The average Bonchev–Trinajstić information content (AvgIpc) is 3.15. The number of hydrogen-bond donors (Lipinski definition) is 1. The lowest BCUT2D eigenvalue weighted by Crippen LogP contribution is -2.29. The van der Waals surface area contributed by atoms with E-state index in [0.29, 0.717) is 12.8 Å². The summed E-state index contributed by atoms with van der Waals surface area (Å²) < 4.78 is 13.1. The molecular formula is C22H23FN2O. The van der Waals surface area contributed by atoms with Crippen molar-refractivity contribution in [2.45, 2.75) is 25.8 Å². The molecule has 0 aliphatic heterocycles. The van der Waals surface area contributed by atoms with Gasteiger partial charge in [0.1, 0.15) is 5.82 Å². The van der Waals surface area contributed by atoms with Crippen LogP contribution in [0.2, 0.25) is 0 Å². The van der Waals surface area contributed by atoms with E-state index >= 15 is 0 Å². The van der Waals surface area contributed by atoms with Crippen molar-refractivity contribution in [2.75, 3.05) is 7.05 Å². The van der Waals surface area contributed by atoms with Crippen LogP contribution in [0.25, 0.3) is 11.3 Å². The van der Waals surface area contributed by atoms with Gasteiger partial charge in [-0.2, -0.15) is 0 Å². The van der Waals surface area contributed by atoms with Gasteiger partial charge in [-0.05, 0) is 48.7 Å². The number of benzene rings is 2. The van der Waals surface area contributed by atoms with Crippen LogP contribution in [-0.2, 0) is 11.2 Å². The Morgan fingerprint density at radius 3 is 2.42 bits per heavy atom. The van der Waals surface area contributed by atoms with Crippen molar-refractivity contribution >= 4 is 5.91 Å². The van der Waals surface area contributed by atoms with Crippen LogP contribution in [0.4, 0.5) is 4.39 Å². The highest BCUT2D eigenvalue weighted by Gasteiger charge is 2.17. The second-order valence-electron chi connectivity index (χ2n) is 6.50. The molecule has 0 saturated carbocycles. The molecule has 0 spiro atoms. The highest BCUT2D eigenvalue weighted by atomic mass is 19.1. The molecule has 3 nitrogen and oxygen atoms in total. The summed E-state index contributed by atoms with van der Waals surface area (Å²) in [6, 6.07) is 20.4. The number of nitrogens with one attached hydrogen (secondary N) is 1. The maximum absolute atomic E-state index is 13.1. The third kappa shape index (κ3) is 4.20. The Morgan fingerprint density at radius 1 is 1.04 bits per heavy atom. The minimum atomic E-state index is -0.268. The van der Waals surface area contributed by atoms with Crippen LogP contribution in [-0.4, -0.2) is 22.8 Å². The molecule has 2 aromatic carbocycles. The second kappa shape index (κ2) is 8.00. The summed E-state index contributed by atoms with van der Waals surface area (Å²) in [5.41, 5.74) is 4.15. The lowest BCUT2D eigenvalue weighted by Gasteiger charge is -2.25. The summed E-state index contributed by atoms with van der Waals surface area (Å²) in [5, 5.41) is 0. The number of aromatic amines is 1. The zero-order valence-electron chi connectivity index (χ0n) is 15.1. The smallest absolute Gasteiger partial charge is 0.223 e. The zero-order chi connectivity index (χ0) is 18.5. The van der Waals surface area contributed by atoms with E-state index in [1.807, 2.05) is 37.3 Å². The summed E-state index contributed by atoms with van der Waals surface area (Å²) in [4.78, 5) is 17.6. The monoisotopic (exact) mass is 350 g/mol. The number of amides is 1. The summed E-state index contributed by atoms with van der Waals surface area (Å²) in [6.45, 7) is 1.95. The molecule has 0 fully saturated rings. The molecule has 1 N–H and O–H groups in total. The first-order chi connectivity index (χ1) is 12.5. The van der Waals surface area contributed by atoms with E-state index in [9.17, 15) is 9.18 Å². The molecule has 4 heteroatoms. The third-order valence-electron chi connectivity index (χ3n) is 4.77. The molecule has 26 heavy (non-hydrogen) atoms. The van der Waals surface area contributed by atoms with E-state index < -0.39 is 0 Å². The van der Waals surface area contributed by atoms with Gasteiger partial charge < -0.3 is 9.88 Å². The molecule has 0 aliphatic rings. The summed E-state index contributed by atoms with van der Waals surface area (Å²) in [6.07, 6.45) is 1.09. The first kappa shape index (κ1) is 17.9. The Morgan fingerprint density at radius 2 is 1.73 bits per heavy atom. The fraction of sp³-hybridized carbons (Fsp3) is 0.227. The molecule has 0 saturated heterocycles. The third-order valence-corrected chi connectivity index (χ3v) is 4.77. The van der Waals surface area contributed by atoms with Gasteiger partial charge in [0.15, 0.2) is 0 Å². The van der Waals surface area contributed by atoms with Crippen LogP contribution in [0.15, 0.2) is 66.7 Å². The molecule has 1 unspecified atom stereocenters. The van der Waals surface area contributed by atoms with E-state index in [1.54, 1.807) is 24.1 Å². The number of nitrogens with zero attached hydrogens (tertiary/aromatic N) is 1. The van der Waals surface area contributed by atoms with Gasteiger partial charge >= 0.3 is 0 Å². The fourth-order valence-corrected chi connectivity index (χ4v) is 2.97. The predicted octanol–water partition coefficient (Wildman–Crippen LogP) is 4.97. The van der Waals surface area contributed by atoms with Crippen molar-refractivity contribution in [2.24, 2.45) is 0 Å². The van der Waals surface area contributed by atoms with Gasteiger partial charge in [0.05, 0.1) is 6.04 Å². The van der Waals surface area contributed by atoms with Crippen LogP contribution in [0.1, 0.15) is 30.6 Å². The number of H-pyrrole nitrogens is 1. The van der Waals surface area contributed by atoms with Crippen molar-refractivity contribution in [3.05, 3.63) is 83.8 Å². The fourth-order valence-electron chi connectivity index (χ4n) is 2.97. The lowest BCUT2D eigenvalue weighted by molar-refractivity contribution is -0.131. The van der Waals surface area contributed by atoms with Gasteiger partial charge in [-0.15, -0.1) is 0 Å². The standard InChI is InChI=1S/C22H23FN2O/c1-16(17-8-10-19(23)11-9-17)25(2)22(26)15-13-20-12-14-21(24-20)18-6-4-3-5-7-18/h3-12,14,16,24H,13,15H2,1-2H3. The molecule has 1 heterocycles. The number of carbonyl (C=O) groups is 1. The molecule has 0 aliphatic carbocycles. The Kier molecular flexibility index (Phi) is 5.52. The van der Waals surface area contributed by atoms with Crippen molar-refractivity contribution in [1.29, 1.82) is 0 Å². The van der Waals surface area contributed by atoms with Gasteiger partial charge in [0.25, 0.3) is 0 Å². The molecule has 0 bridgehead atoms. The zero-order valence-corrected chi connectivity index (χ0v) is 15.1. The molecule has 1 amide bonds. The van der Waals surface area contributed by atoms with Gasteiger partial charge in [-0.1, -0.05) is 42.5 Å². The van der Waals surface area contributed by atoms with E-state index in [-0.39, 0.29) is 17.8 Å². The summed E-state index contributed by atoms with van der Waals surface area (Å²) in [5.74, 6) is -0.200. The van der Waals surface area contributed by atoms with Gasteiger partial charge in [-0.25, -0.2) is 4.39 Å². The molecule has 134 valence electrons. The molecule has 1 aromatic heterocycles. The average molecular weight is 350 g/mol. The highest BCUT2D eigenvalue weighted by molar-refractivity contribution is 5.76. The largest absolute Gasteiger partial charge is 0.358 e. The Balaban J connectivity index is 1.58. The van der Waals surface area contributed by atoms with E-state index in [0.717, 1.165) is 22.5 Å². The minimum Gasteiger partial charge on any atom is -0.358 e. The molecule has 3 aromatic rings. The highest BCUT2D eigenvalue weighted by Crippen LogP contribution is 2.21. The maximum Gasteiger partial charge on any atom is 0.223 e. The molecule has 1 atom stereocenters. The SMILES string of the molecule is CC(c1ccc(F)cc1)N(C)C(=O)CCc1ccc(-c2ccccc2)[nH]1. The summed E-state index contributed by atoms with van der Waals surface area (Å²) >= 11 is 0. The maximum atomic E-state index is 13.1. The number of hydrogen-bond acceptors (Lipinski definition) is 1. The first-order valence-corrected chi connectivity index (χ1v) is 8.79. The van der Waals surface area contributed by atoms with Crippen molar-refractivity contribution < 1.29 is 9.18 Å². The van der Waals surface area contributed by atoms with Gasteiger partial charge in [-0.3, -0.25) is 4.79 Å². The number of carbonyl (C=O) groups excluding carboxylic acids is 1. The summed E-state index contributed by atoms with van der Waals surface area (Å²) in [7, 11) is 1.79. The number of rotatable bonds is 6. The van der Waals surface area contributed by atoms with Crippen LogP contribution in [0.3, 0.4) is 0 Å². The first-order valence-electron chi connectivity index (χ1n) is 8.79. The van der Waals surface area contributed by atoms with Gasteiger partial charge in [0, 0.05) is 24.9 Å². The normalized spacial score (nSPS) is 12.0. The van der Waals surface area contributed by atoms with Crippen molar-refractivity contribution in [3.8, 4) is 11.3 Å². The Labute approximate surface area is 153 Å². The predicted molar refractivity (Wildman–Crippen MR) is 102 cm³/mol. The van der Waals surface area contributed by atoms with Crippen LogP contribution in [0, 0.1) is 5.82 Å². The second-order valence-corrected chi connectivity index (χ2v) is 6.50. The quantitative estimate of drug-likeness (QED) is 0.669. The number of halogens is 1.